The first-order valence-corrected chi connectivity index (χ1v) is 9.08. The van der Waals surface area contributed by atoms with Crippen LogP contribution in [-0.2, 0) is 9.59 Å². The van der Waals surface area contributed by atoms with Gasteiger partial charge in [-0.1, -0.05) is 6.07 Å². The molecule has 10 heteroatoms. The van der Waals surface area contributed by atoms with Crippen LogP contribution in [0.5, 0.6) is 0 Å². The lowest BCUT2D eigenvalue weighted by Gasteiger charge is -2.28. The summed E-state index contributed by atoms with van der Waals surface area (Å²) in [6.45, 7) is 1.81. The van der Waals surface area contributed by atoms with Gasteiger partial charge in [-0.3, -0.25) is 14.6 Å². The average Bonchev–Trinajstić information content (AvgIpc) is 3.14. The van der Waals surface area contributed by atoms with Gasteiger partial charge in [0.15, 0.2) is 5.13 Å². The van der Waals surface area contributed by atoms with Crippen LogP contribution >= 0.6 is 11.3 Å². The molecule has 2 aromatic heterocycles. The van der Waals surface area contributed by atoms with E-state index in [1.165, 1.54) is 11.3 Å². The van der Waals surface area contributed by atoms with Crippen molar-refractivity contribution in [2.75, 3.05) is 11.9 Å². The van der Waals surface area contributed by atoms with Gasteiger partial charge in [0, 0.05) is 42.6 Å². The number of hydrogen-bond acceptors (Lipinski definition) is 6. The first-order chi connectivity index (χ1) is 13.0. The molecular formula is C17H18N6O3S. The highest BCUT2D eigenvalue weighted by atomic mass is 32.1. The standard InChI is InChI=1S/C17H18N6O3S/c1-10-13(14(23-16(26)21-10)11-3-2-5-18-9-11)15(25)19-6-4-12(24)22-17-20-7-8-27-17/h2-3,5,7-9,14H,4,6H2,1H3,(H,19,25)(H,20,22,24)(H2,21,23,26)/t14-/m1/s1. The number of thiazole rings is 1. The average molecular weight is 386 g/mol. The van der Waals surface area contributed by atoms with Crippen LogP contribution in [0.25, 0.3) is 0 Å². The Morgan fingerprint density at radius 3 is 2.89 bits per heavy atom. The van der Waals surface area contributed by atoms with Gasteiger partial charge < -0.3 is 21.3 Å². The van der Waals surface area contributed by atoms with Gasteiger partial charge in [0.1, 0.15) is 0 Å². The highest BCUT2D eigenvalue weighted by Gasteiger charge is 2.31. The van der Waals surface area contributed by atoms with E-state index in [1.807, 2.05) is 0 Å². The minimum absolute atomic E-state index is 0.106. The Morgan fingerprint density at radius 1 is 1.33 bits per heavy atom. The molecule has 27 heavy (non-hydrogen) atoms. The van der Waals surface area contributed by atoms with E-state index in [4.69, 9.17) is 0 Å². The lowest BCUT2D eigenvalue weighted by atomic mass is 9.96. The van der Waals surface area contributed by atoms with Crippen LogP contribution in [0.2, 0.25) is 0 Å². The SMILES string of the molecule is CC1=C(C(=O)NCCC(=O)Nc2nccs2)[C@@H](c2cccnc2)NC(=O)N1. The molecule has 0 saturated heterocycles. The highest BCUT2D eigenvalue weighted by molar-refractivity contribution is 7.13. The number of aromatic nitrogens is 2. The Hall–Kier alpha value is -3.27. The second kappa shape index (κ2) is 8.41. The summed E-state index contributed by atoms with van der Waals surface area (Å²) in [5.74, 6) is -0.606. The molecule has 0 aromatic carbocycles. The van der Waals surface area contributed by atoms with E-state index < -0.39 is 6.04 Å². The van der Waals surface area contributed by atoms with Crippen molar-refractivity contribution in [1.29, 1.82) is 0 Å². The van der Waals surface area contributed by atoms with Gasteiger partial charge in [-0.2, -0.15) is 0 Å². The lowest BCUT2D eigenvalue weighted by molar-refractivity contribution is -0.118. The van der Waals surface area contributed by atoms with Crippen LogP contribution in [0.4, 0.5) is 9.93 Å². The highest BCUT2D eigenvalue weighted by Crippen LogP contribution is 2.25. The van der Waals surface area contributed by atoms with E-state index in [0.717, 1.165) is 0 Å². The zero-order valence-corrected chi connectivity index (χ0v) is 15.3. The molecule has 3 rings (SSSR count). The zero-order chi connectivity index (χ0) is 19.2. The van der Waals surface area contributed by atoms with Crippen LogP contribution in [0, 0.1) is 0 Å². The lowest BCUT2D eigenvalue weighted by Crippen LogP contribution is -2.47. The maximum Gasteiger partial charge on any atom is 0.319 e. The zero-order valence-electron chi connectivity index (χ0n) is 14.5. The topological polar surface area (TPSA) is 125 Å². The molecule has 4 amide bonds. The van der Waals surface area contributed by atoms with Gasteiger partial charge >= 0.3 is 6.03 Å². The summed E-state index contributed by atoms with van der Waals surface area (Å²) in [6, 6.07) is 2.51. The summed E-state index contributed by atoms with van der Waals surface area (Å²) < 4.78 is 0. The van der Waals surface area contributed by atoms with E-state index >= 15 is 0 Å². The quantitative estimate of drug-likeness (QED) is 0.596. The van der Waals surface area contributed by atoms with Crippen LogP contribution in [0.3, 0.4) is 0 Å². The summed E-state index contributed by atoms with van der Waals surface area (Å²) in [5, 5.41) is 13.0. The Labute approximate surface area is 159 Å². The Kier molecular flexibility index (Phi) is 5.77. The van der Waals surface area contributed by atoms with E-state index in [0.29, 0.717) is 22.0 Å². The molecule has 0 unspecified atom stereocenters. The molecule has 1 aliphatic heterocycles. The van der Waals surface area contributed by atoms with Crippen molar-refractivity contribution in [3.05, 3.63) is 52.9 Å². The minimum atomic E-state index is -0.614. The number of rotatable bonds is 6. The molecule has 0 aliphatic carbocycles. The van der Waals surface area contributed by atoms with Crippen LogP contribution in [-0.4, -0.2) is 34.4 Å². The van der Waals surface area contributed by atoms with Crippen molar-refractivity contribution in [2.24, 2.45) is 0 Å². The number of nitrogens with zero attached hydrogens (tertiary/aromatic N) is 2. The second-order valence-electron chi connectivity index (χ2n) is 5.75. The number of urea groups is 1. The Balaban J connectivity index is 1.63. The van der Waals surface area contributed by atoms with Crippen molar-refractivity contribution in [1.82, 2.24) is 25.9 Å². The third kappa shape index (κ3) is 4.67. The van der Waals surface area contributed by atoms with Crippen molar-refractivity contribution in [3.8, 4) is 0 Å². The Morgan fingerprint density at radius 2 is 2.19 bits per heavy atom. The number of amides is 4. The van der Waals surface area contributed by atoms with E-state index in [-0.39, 0.29) is 30.8 Å². The van der Waals surface area contributed by atoms with Crippen molar-refractivity contribution in [2.45, 2.75) is 19.4 Å². The summed E-state index contributed by atoms with van der Waals surface area (Å²) in [6.07, 6.45) is 4.91. The molecule has 0 bridgehead atoms. The molecule has 0 fully saturated rings. The van der Waals surface area contributed by atoms with Crippen molar-refractivity contribution in [3.63, 3.8) is 0 Å². The van der Waals surface area contributed by atoms with Crippen molar-refractivity contribution >= 4 is 34.3 Å². The van der Waals surface area contributed by atoms with Crippen LogP contribution in [0.15, 0.2) is 47.4 Å². The molecule has 4 N–H and O–H groups in total. The maximum atomic E-state index is 12.7. The fourth-order valence-corrected chi connectivity index (χ4v) is 3.19. The van der Waals surface area contributed by atoms with Crippen molar-refractivity contribution < 1.29 is 14.4 Å². The number of anilines is 1. The van der Waals surface area contributed by atoms with E-state index in [2.05, 4.69) is 31.2 Å². The molecule has 3 heterocycles. The predicted octanol–water partition coefficient (Wildman–Crippen LogP) is 1.31. The number of carbonyl (C=O) groups is 3. The number of hydrogen-bond donors (Lipinski definition) is 4. The second-order valence-corrected chi connectivity index (χ2v) is 6.64. The molecule has 0 spiro atoms. The predicted molar refractivity (Wildman–Crippen MR) is 99.7 cm³/mol. The van der Waals surface area contributed by atoms with Gasteiger partial charge in [-0.05, 0) is 18.6 Å². The van der Waals surface area contributed by atoms with Gasteiger partial charge in [-0.25, -0.2) is 9.78 Å². The molecule has 2 aromatic rings. The number of carbonyl (C=O) groups excluding carboxylic acids is 3. The molecule has 140 valence electrons. The third-order valence-electron chi connectivity index (χ3n) is 3.85. The summed E-state index contributed by atoms with van der Waals surface area (Å²) in [4.78, 5) is 44.4. The van der Waals surface area contributed by atoms with Gasteiger partial charge in [0.25, 0.3) is 5.91 Å². The number of nitrogens with one attached hydrogen (secondary N) is 4. The third-order valence-corrected chi connectivity index (χ3v) is 4.54. The fraction of sp³-hybridized carbons (Fsp3) is 0.235. The monoisotopic (exact) mass is 386 g/mol. The maximum absolute atomic E-state index is 12.7. The molecule has 0 saturated carbocycles. The first kappa shape index (κ1) is 18.5. The summed E-state index contributed by atoms with van der Waals surface area (Å²) in [7, 11) is 0. The largest absolute Gasteiger partial charge is 0.352 e. The van der Waals surface area contributed by atoms with E-state index in [1.54, 1.807) is 43.0 Å². The van der Waals surface area contributed by atoms with Gasteiger partial charge in [0.05, 0.1) is 11.6 Å². The minimum Gasteiger partial charge on any atom is -0.352 e. The summed E-state index contributed by atoms with van der Waals surface area (Å²) in [5.41, 5.74) is 1.53. The number of pyridine rings is 1. The Bertz CT molecular complexity index is 866. The normalized spacial score (nSPS) is 16.3. The van der Waals surface area contributed by atoms with Gasteiger partial charge in [0.2, 0.25) is 5.91 Å². The van der Waals surface area contributed by atoms with Crippen LogP contribution < -0.4 is 21.3 Å². The molecule has 9 nitrogen and oxygen atoms in total. The fourth-order valence-electron chi connectivity index (χ4n) is 2.64. The summed E-state index contributed by atoms with van der Waals surface area (Å²) >= 11 is 1.32. The number of allylic oxidation sites excluding steroid dienone is 1. The van der Waals surface area contributed by atoms with Crippen LogP contribution in [0.1, 0.15) is 24.9 Å². The van der Waals surface area contributed by atoms with Gasteiger partial charge in [-0.15, -0.1) is 11.3 Å². The van der Waals surface area contributed by atoms with E-state index in [9.17, 15) is 14.4 Å². The molecule has 1 atom stereocenters. The first-order valence-electron chi connectivity index (χ1n) is 8.20. The molecule has 0 radical (unpaired) electrons. The molecule has 1 aliphatic rings. The molecular weight excluding hydrogens is 368 g/mol. The smallest absolute Gasteiger partial charge is 0.319 e.